The van der Waals surface area contributed by atoms with Crippen molar-refractivity contribution in [2.45, 2.75) is 32.1 Å². The smallest absolute Gasteiger partial charge is 0.242 e. The van der Waals surface area contributed by atoms with Crippen LogP contribution in [0.5, 0.6) is 0 Å². The maximum Gasteiger partial charge on any atom is 0.242 e. The number of aryl methyl sites for hydroxylation is 1. The number of carbonyl (C=O) groups excluding carboxylic acids is 3. The van der Waals surface area contributed by atoms with Gasteiger partial charge in [-0.05, 0) is 31.4 Å². The number of piperazine rings is 1. The van der Waals surface area contributed by atoms with Crippen LogP contribution < -0.4 is 0 Å². The van der Waals surface area contributed by atoms with Crippen LogP contribution in [0.15, 0.2) is 47.0 Å². The number of allylic oxidation sites excluding steroid dienone is 2. The van der Waals surface area contributed by atoms with E-state index in [1.165, 1.54) is 4.90 Å². The van der Waals surface area contributed by atoms with E-state index < -0.39 is 0 Å². The lowest BCUT2D eigenvalue weighted by molar-refractivity contribution is -0.147. The maximum absolute atomic E-state index is 12.8. The summed E-state index contributed by atoms with van der Waals surface area (Å²) in [5, 5.41) is 4.08. The highest BCUT2D eigenvalue weighted by Crippen LogP contribution is 2.34. The van der Waals surface area contributed by atoms with E-state index in [0.29, 0.717) is 44.1 Å². The lowest BCUT2D eigenvalue weighted by Crippen LogP contribution is -2.52. The Morgan fingerprint density at radius 3 is 2.34 bits per heavy atom. The predicted octanol–water partition coefficient (Wildman–Crippen LogP) is 1.69. The second-order valence-electron chi connectivity index (χ2n) is 9.51. The van der Waals surface area contributed by atoms with Crippen molar-refractivity contribution in [2.75, 3.05) is 39.3 Å². The summed E-state index contributed by atoms with van der Waals surface area (Å²) in [5.74, 6) is 0.253. The standard InChI is InChI=1S/C26H31N5O4/c32-24(18-31-25(33)20-9-4-5-10-21(20)26(31)34)30-15-13-29(14-16-30)12-6-11-23-27-22(28-35-23)17-19-7-2-1-3-8-19/h1-5,7-8,20-21H,6,9-18H2/t20-,21-/m1/s1. The number of likely N-dealkylation sites (tertiary alicyclic amines) is 1. The van der Waals surface area contributed by atoms with Crippen molar-refractivity contribution >= 4 is 17.7 Å². The first-order valence-electron chi connectivity index (χ1n) is 12.4. The quantitative estimate of drug-likeness (QED) is 0.421. The molecule has 0 radical (unpaired) electrons. The summed E-state index contributed by atoms with van der Waals surface area (Å²) in [6.07, 6.45) is 7.38. The van der Waals surface area contributed by atoms with E-state index in [1.54, 1.807) is 4.90 Å². The Kier molecular flexibility index (Phi) is 7.03. The average molecular weight is 478 g/mol. The van der Waals surface area contributed by atoms with E-state index in [0.717, 1.165) is 38.0 Å². The van der Waals surface area contributed by atoms with Gasteiger partial charge in [0.1, 0.15) is 6.54 Å². The second kappa shape index (κ2) is 10.5. The molecule has 9 nitrogen and oxygen atoms in total. The lowest BCUT2D eigenvalue weighted by atomic mass is 9.85. The molecule has 9 heteroatoms. The van der Waals surface area contributed by atoms with Crippen LogP contribution in [0.1, 0.15) is 36.5 Å². The Morgan fingerprint density at radius 2 is 1.66 bits per heavy atom. The molecule has 184 valence electrons. The molecule has 2 fully saturated rings. The first kappa shape index (κ1) is 23.4. The molecular formula is C26H31N5O4. The van der Waals surface area contributed by atoms with Crippen molar-refractivity contribution in [3.8, 4) is 0 Å². The SMILES string of the molecule is O=C(CN1C(=O)[C@@H]2CC=CC[C@H]2C1=O)N1CCN(CCCc2nc(Cc3ccccc3)no2)CC1. The maximum atomic E-state index is 12.8. The fraction of sp³-hybridized carbons (Fsp3) is 0.500. The highest BCUT2D eigenvalue weighted by molar-refractivity contribution is 6.07. The minimum absolute atomic E-state index is 0.132. The molecule has 0 unspecified atom stereocenters. The van der Waals surface area contributed by atoms with Crippen LogP contribution in [-0.4, -0.2) is 81.8 Å². The van der Waals surface area contributed by atoms with Gasteiger partial charge in [-0.2, -0.15) is 4.98 Å². The van der Waals surface area contributed by atoms with E-state index in [4.69, 9.17) is 4.52 Å². The van der Waals surface area contributed by atoms with Crippen molar-refractivity contribution in [2.24, 2.45) is 11.8 Å². The molecule has 2 atom stereocenters. The first-order valence-corrected chi connectivity index (χ1v) is 12.4. The molecule has 5 rings (SSSR count). The van der Waals surface area contributed by atoms with Gasteiger partial charge in [-0.15, -0.1) is 0 Å². The van der Waals surface area contributed by atoms with E-state index in [9.17, 15) is 14.4 Å². The third-order valence-corrected chi connectivity index (χ3v) is 7.20. The van der Waals surface area contributed by atoms with E-state index in [1.807, 2.05) is 42.5 Å². The molecule has 0 spiro atoms. The molecular weight excluding hydrogens is 446 g/mol. The van der Waals surface area contributed by atoms with Gasteiger partial charge in [0.05, 0.1) is 11.8 Å². The molecule has 1 aromatic heterocycles. The molecule has 3 heterocycles. The molecule has 2 saturated heterocycles. The van der Waals surface area contributed by atoms with E-state index in [-0.39, 0.29) is 36.1 Å². The third kappa shape index (κ3) is 5.35. The highest BCUT2D eigenvalue weighted by Gasteiger charge is 2.48. The van der Waals surface area contributed by atoms with Crippen LogP contribution in [0.3, 0.4) is 0 Å². The number of hydrogen-bond acceptors (Lipinski definition) is 7. The molecule has 1 aromatic carbocycles. The van der Waals surface area contributed by atoms with Gasteiger partial charge in [-0.25, -0.2) is 0 Å². The fourth-order valence-corrected chi connectivity index (χ4v) is 5.18. The molecule has 2 aliphatic heterocycles. The predicted molar refractivity (Wildman–Crippen MR) is 127 cm³/mol. The molecule has 0 bridgehead atoms. The molecule has 3 aliphatic rings. The summed E-state index contributed by atoms with van der Waals surface area (Å²) in [7, 11) is 0. The number of hydrogen-bond donors (Lipinski definition) is 0. The summed E-state index contributed by atoms with van der Waals surface area (Å²) in [6.45, 7) is 3.50. The Morgan fingerprint density at radius 1 is 0.971 bits per heavy atom. The summed E-state index contributed by atoms with van der Waals surface area (Å²) in [6, 6.07) is 10.1. The van der Waals surface area contributed by atoms with Crippen molar-refractivity contribution in [3.63, 3.8) is 0 Å². The van der Waals surface area contributed by atoms with Gasteiger partial charge >= 0.3 is 0 Å². The van der Waals surface area contributed by atoms with Gasteiger partial charge in [0.2, 0.25) is 23.6 Å². The van der Waals surface area contributed by atoms with Gasteiger partial charge in [0.25, 0.3) is 0 Å². The summed E-state index contributed by atoms with van der Waals surface area (Å²) >= 11 is 0. The van der Waals surface area contributed by atoms with E-state index >= 15 is 0 Å². The Hall–Kier alpha value is -3.33. The van der Waals surface area contributed by atoms with Crippen LogP contribution in [0.25, 0.3) is 0 Å². The molecule has 35 heavy (non-hydrogen) atoms. The van der Waals surface area contributed by atoms with Crippen molar-refractivity contribution < 1.29 is 18.9 Å². The molecule has 1 aliphatic carbocycles. The minimum Gasteiger partial charge on any atom is -0.339 e. The highest BCUT2D eigenvalue weighted by atomic mass is 16.5. The zero-order valence-electron chi connectivity index (χ0n) is 19.8. The molecule has 3 amide bonds. The number of nitrogens with zero attached hydrogens (tertiary/aromatic N) is 5. The summed E-state index contributed by atoms with van der Waals surface area (Å²) < 4.78 is 5.39. The van der Waals surface area contributed by atoms with Crippen molar-refractivity contribution in [3.05, 3.63) is 59.8 Å². The number of rotatable bonds is 8. The molecule has 2 aromatic rings. The van der Waals surface area contributed by atoms with Crippen LogP contribution in [0.2, 0.25) is 0 Å². The van der Waals surface area contributed by atoms with Crippen molar-refractivity contribution in [1.29, 1.82) is 0 Å². The monoisotopic (exact) mass is 477 g/mol. The van der Waals surface area contributed by atoms with Crippen LogP contribution >= 0.6 is 0 Å². The number of aromatic nitrogens is 2. The normalized spacial score (nSPS) is 22.6. The zero-order chi connectivity index (χ0) is 24.2. The number of amides is 3. The van der Waals surface area contributed by atoms with Gasteiger partial charge in [-0.3, -0.25) is 24.2 Å². The average Bonchev–Trinajstić information content (AvgIpc) is 3.43. The van der Waals surface area contributed by atoms with Gasteiger partial charge < -0.3 is 9.42 Å². The van der Waals surface area contributed by atoms with Gasteiger partial charge in [0.15, 0.2) is 5.82 Å². The van der Waals surface area contributed by atoms with Gasteiger partial charge in [0, 0.05) is 39.0 Å². The number of carbonyl (C=O) groups is 3. The van der Waals surface area contributed by atoms with Crippen molar-refractivity contribution in [1.82, 2.24) is 24.8 Å². The molecule has 0 N–H and O–H groups in total. The van der Waals surface area contributed by atoms with Crippen LogP contribution in [-0.2, 0) is 27.2 Å². The number of fused-ring (bicyclic) bond motifs is 1. The number of imide groups is 1. The molecule has 0 saturated carbocycles. The Balaban J connectivity index is 1.02. The largest absolute Gasteiger partial charge is 0.339 e. The zero-order valence-corrected chi connectivity index (χ0v) is 19.8. The van der Waals surface area contributed by atoms with Crippen LogP contribution in [0, 0.1) is 11.8 Å². The fourth-order valence-electron chi connectivity index (χ4n) is 5.18. The van der Waals surface area contributed by atoms with E-state index in [2.05, 4.69) is 15.0 Å². The summed E-state index contributed by atoms with van der Waals surface area (Å²) in [5.41, 5.74) is 1.15. The topological polar surface area (TPSA) is 99.9 Å². The minimum atomic E-state index is -0.287. The summed E-state index contributed by atoms with van der Waals surface area (Å²) in [4.78, 5) is 47.8. The van der Waals surface area contributed by atoms with Crippen LogP contribution in [0.4, 0.5) is 0 Å². The number of benzene rings is 1. The Labute approximate surface area is 204 Å². The third-order valence-electron chi connectivity index (χ3n) is 7.20. The van der Waals surface area contributed by atoms with Gasteiger partial charge in [-0.1, -0.05) is 47.6 Å². The Bertz CT molecular complexity index is 1060. The lowest BCUT2D eigenvalue weighted by Gasteiger charge is -2.35. The second-order valence-corrected chi connectivity index (χ2v) is 9.51. The first-order chi connectivity index (χ1) is 17.1.